The number of carbonyl (C=O) groups is 2. The summed E-state index contributed by atoms with van der Waals surface area (Å²) < 4.78 is 5.59. The van der Waals surface area contributed by atoms with Crippen molar-refractivity contribution in [3.8, 4) is 5.75 Å². The van der Waals surface area contributed by atoms with Crippen LogP contribution in [0.25, 0.3) is 0 Å². The molecule has 1 aliphatic heterocycles. The Bertz CT molecular complexity index is 731. The SMILES string of the molecule is O=C(C[C@@H]1Oc2ccccc2NC1=O)NCc1ccc(Cl)cc1. The van der Waals surface area contributed by atoms with E-state index in [0.717, 1.165) is 5.56 Å². The van der Waals surface area contributed by atoms with E-state index in [1.807, 2.05) is 24.3 Å². The quantitative estimate of drug-likeness (QED) is 0.905. The first kappa shape index (κ1) is 15.4. The molecule has 0 unspecified atom stereocenters. The zero-order chi connectivity index (χ0) is 16.2. The van der Waals surface area contributed by atoms with Crippen molar-refractivity contribution >= 4 is 29.1 Å². The Kier molecular flexibility index (Phi) is 4.48. The molecule has 1 heterocycles. The molecule has 2 aromatic rings. The van der Waals surface area contributed by atoms with Gasteiger partial charge < -0.3 is 15.4 Å². The molecule has 0 radical (unpaired) electrons. The van der Waals surface area contributed by atoms with Gasteiger partial charge in [0.25, 0.3) is 5.91 Å². The number of hydrogen-bond donors (Lipinski definition) is 2. The van der Waals surface area contributed by atoms with Crippen molar-refractivity contribution in [2.75, 3.05) is 5.32 Å². The van der Waals surface area contributed by atoms with Gasteiger partial charge >= 0.3 is 0 Å². The van der Waals surface area contributed by atoms with Crippen LogP contribution in [0.3, 0.4) is 0 Å². The zero-order valence-corrected chi connectivity index (χ0v) is 13.0. The third kappa shape index (κ3) is 3.81. The summed E-state index contributed by atoms with van der Waals surface area (Å²) in [6.45, 7) is 0.376. The Morgan fingerprint density at radius 1 is 1.17 bits per heavy atom. The van der Waals surface area contributed by atoms with Crippen LogP contribution in [0.5, 0.6) is 5.75 Å². The van der Waals surface area contributed by atoms with Crippen LogP contribution in [0, 0.1) is 0 Å². The molecule has 0 aromatic heterocycles. The van der Waals surface area contributed by atoms with Gasteiger partial charge in [-0.15, -0.1) is 0 Å². The molecule has 6 heteroatoms. The van der Waals surface area contributed by atoms with Crippen LogP contribution in [-0.2, 0) is 16.1 Å². The number of fused-ring (bicyclic) bond motifs is 1. The van der Waals surface area contributed by atoms with Gasteiger partial charge in [0.05, 0.1) is 12.1 Å². The number of hydrogen-bond acceptors (Lipinski definition) is 3. The minimum absolute atomic E-state index is 0.0340. The lowest BCUT2D eigenvalue weighted by Crippen LogP contribution is -2.40. The number of anilines is 1. The number of halogens is 1. The van der Waals surface area contributed by atoms with E-state index >= 15 is 0 Å². The zero-order valence-electron chi connectivity index (χ0n) is 12.2. The second-order valence-corrected chi connectivity index (χ2v) is 5.64. The van der Waals surface area contributed by atoms with Crippen LogP contribution in [-0.4, -0.2) is 17.9 Å². The highest BCUT2D eigenvalue weighted by atomic mass is 35.5. The molecule has 0 saturated heterocycles. The van der Waals surface area contributed by atoms with Gasteiger partial charge in [0.1, 0.15) is 5.75 Å². The highest BCUT2D eigenvalue weighted by molar-refractivity contribution is 6.30. The predicted molar refractivity (Wildman–Crippen MR) is 87.4 cm³/mol. The number of para-hydroxylation sites is 2. The van der Waals surface area contributed by atoms with E-state index in [1.54, 1.807) is 24.3 Å². The topological polar surface area (TPSA) is 67.4 Å². The second-order valence-electron chi connectivity index (χ2n) is 5.20. The average Bonchev–Trinajstić information content (AvgIpc) is 2.55. The van der Waals surface area contributed by atoms with Crippen molar-refractivity contribution < 1.29 is 14.3 Å². The smallest absolute Gasteiger partial charge is 0.266 e. The first-order valence-corrected chi connectivity index (χ1v) is 7.57. The number of carbonyl (C=O) groups excluding carboxylic acids is 2. The maximum absolute atomic E-state index is 12.0. The minimum Gasteiger partial charge on any atom is -0.478 e. The van der Waals surface area contributed by atoms with Crippen LogP contribution in [0.15, 0.2) is 48.5 Å². The Balaban J connectivity index is 1.56. The summed E-state index contributed by atoms with van der Waals surface area (Å²) in [5.74, 6) is 0.00688. The van der Waals surface area contributed by atoms with Crippen molar-refractivity contribution in [3.05, 3.63) is 59.1 Å². The lowest BCUT2D eigenvalue weighted by molar-refractivity contribution is -0.130. The monoisotopic (exact) mass is 330 g/mol. The Labute approximate surface area is 138 Å². The van der Waals surface area contributed by atoms with Gasteiger partial charge in [-0.2, -0.15) is 0 Å². The Morgan fingerprint density at radius 3 is 2.70 bits per heavy atom. The summed E-state index contributed by atoms with van der Waals surface area (Å²) in [5, 5.41) is 6.15. The van der Waals surface area contributed by atoms with Crippen molar-refractivity contribution in [2.45, 2.75) is 19.1 Å². The van der Waals surface area contributed by atoms with Crippen LogP contribution in [0.2, 0.25) is 5.02 Å². The third-order valence-corrected chi connectivity index (χ3v) is 3.73. The van der Waals surface area contributed by atoms with Gasteiger partial charge in [-0.05, 0) is 29.8 Å². The van der Waals surface area contributed by atoms with Crippen LogP contribution in [0.1, 0.15) is 12.0 Å². The fraction of sp³-hybridized carbons (Fsp3) is 0.176. The van der Waals surface area contributed by atoms with E-state index in [-0.39, 0.29) is 18.2 Å². The van der Waals surface area contributed by atoms with E-state index in [4.69, 9.17) is 16.3 Å². The maximum atomic E-state index is 12.0. The molecule has 0 saturated carbocycles. The summed E-state index contributed by atoms with van der Waals surface area (Å²) >= 11 is 5.81. The lowest BCUT2D eigenvalue weighted by Gasteiger charge is -2.25. The Hall–Kier alpha value is -2.53. The molecule has 2 amide bonds. The summed E-state index contributed by atoms with van der Waals surface area (Å²) in [4.78, 5) is 24.0. The van der Waals surface area contributed by atoms with Crippen LogP contribution in [0.4, 0.5) is 5.69 Å². The molecule has 1 atom stereocenters. The van der Waals surface area contributed by atoms with Crippen molar-refractivity contribution in [1.82, 2.24) is 5.32 Å². The van der Waals surface area contributed by atoms with Gasteiger partial charge in [-0.1, -0.05) is 35.9 Å². The predicted octanol–water partition coefficient (Wildman–Crippen LogP) is 2.75. The van der Waals surface area contributed by atoms with Crippen LogP contribution < -0.4 is 15.4 Å². The number of nitrogens with one attached hydrogen (secondary N) is 2. The number of amides is 2. The van der Waals surface area contributed by atoms with Crippen molar-refractivity contribution in [3.63, 3.8) is 0 Å². The molecule has 0 aliphatic carbocycles. The number of benzene rings is 2. The molecule has 0 fully saturated rings. The van der Waals surface area contributed by atoms with Gasteiger partial charge in [0.2, 0.25) is 5.91 Å². The fourth-order valence-corrected chi connectivity index (χ4v) is 2.40. The summed E-state index contributed by atoms with van der Waals surface area (Å²) in [5.41, 5.74) is 1.55. The van der Waals surface area contributed by atoms with E-state index < -0.39 is 6.10 Å². The van der Waals surface area contributed by atoms with Gasteiger partial charge in [0, 0.05) is 11.6 Å². The van der Waals surface area contributed by atoms with Gasteiger partial charge in [0.15, 0.2) is 6.10 Å². The first-order chi connectivity index (χ1) is 11.1. The molecule has 2 N–H and O–H groups in total. The summed E-state index contributed by atoms with van der Waals surface area (Å²) in [6, 6.07) is 14.3. The second kappa shape index (κ2) is 6.71. The number of ether oxygens (including phenoxy) is 1. The Morgan fingerprint density at radius 2 is 1.91 bits per heavy atom. The van der Waals surface area contributed by atoms with E-state index in [1.165, 1.54) is 0 Å². The summed E-state index contributed by atoms with van der Waals surface area (Å²) in [7, 11) is 0. The van der Waals surface area contributed by atoms with Crippen molar-refractivity contribution in [2.24, 2.45) is 0 Å². The van der Waals surface area contributed by atoms with E-state index in [2.05, 4.69) is 10.6 Å². The molecule has 0 bridgehead atoms. The largest absolute Gasteiger partial charge is 0.478 e. The van der Waals surface area contributed by atoms with Gasteiger partial charge in [-0.3, -0.25) is 9.59 Å². The molecule has 1 aliphatic rings. The maximum Gasteiger partial charge on any atom is 0.266 e. The lowest BCUT2D eigenvalue weighted by atomic mass is 10.1. The molecule has 0 spiro atoms. The summed E-state index contributed by atoms with van der Waals surface area (Å²) in [6.07, 6.45) is -0.858. The minimum atomic E-state index is -0.824. The average molecular weight is 331 g/mol. The third-order valence-electron chi connectivity index (χ3n) is 3.48. The molecule has 5 nitrogen and oxygen atoms in total. The number of rotatable bonds is 4. The highest BCUT2D eigenvalue weighted by Gasteiger charge is 2.29. The van der Waals surface area contributed by atoms with Crippen LogP contribution >= 0.6 is 11.6 Å². The fourth-order valence-electron chi connectivity index (χ4n) is 2.27. The first-order valence-electron chi connectivity index (χ1n) is 7.19. The van der Waals surface area contributed by atoms with E-state index in [9.17, 15) is 9.59 Å². The molecule has 118 valence electrons. The molecule has 23 heavy (non-hydrogen) atoms. The van der Waals surface area contributed by atoms with E-state index in [0.29, 0.717) is 23.0 Å². The van der Waals surface area contributed by atoms with Crippen molar-refractivity contribution in [1.29, 1.82) is 0 Å². The molecular weight excluding hydrogens is 316 g/mol. The molecular formula is C17H15ClN2O3. The normalized spacial score (nSPS) is 16.0. The molecule has 2 aromatic carbocycles. The highest BCUT2D eigenvalue weighted by Crippen LogP contribution is 2.29. The standard InChI is InChI=1S/C17H15ClN2O3/c18-12-7-5-11(6-8-12)10-19-16(21)9-15-17(22)20-13-3-1-2-4-14(13)23-15/h1-8,15H,9-10H2,(H,19,21)(H,20,22)/t15-/m0/s1. The van der Waals surface area contributed by atoms with Gasteiger partial charge in [-0.25, -0.2) is 0 Å². The molecule has 3 rings (SSSR count).